The summed E-state index contributed by atoms with van der Waals surface area (Å²) in [5.41, 5.74) is 8.20. The Morgan fingerprint density at radius 1 is 1.19 bits per heavy atom. The number of hydrogen-bond donors (Lipinski definition) is 5. The molecule has 1 aromatic rings. The van der Waals surface area contributed by atoms with Crippen molar-refractivity contribution >= 4 is 17.8 Å². The van der Waals surface area contributed by atoms with Gasteiger partial charge in [-0.1, -0.05) is 23.8 Å². The summed E-state index contributed by atoms with van der Waals surface area (Å²) >= 11 is 0. The fraction of sp³-hybridized carbons (Fsp3) is 0.500. The van der Waals surface area contributed by atoms with E-state index in [1.807, 2.05) is 32.0 Å². The molecule has 1 aliphatic carbocycles. The molecule has 26 heavy (non-hydrogen) atoms. The zero-order chi connectivity index (χ0) is 19.3. The van der Waals surface area contributed by atoms with Gasteiger partial charge in [0.2, 0.25) is 11.8 Å². The van der Waals surface area contributed by atoms with Gasteiger partial charge in [-0.3, -0.25) is 9.59 Å². The standard InChI is InChI=1S/C18H26N4O4/c1-10-3-4-11(2)13(5-10)8-20-17(25)12-6-14(15(23)7-12)22-16(24)9-21-18(19)26/h3-5,12,14-15,23H,6-9H2,1-2H3,(H,20,25)(H,22,24)(H3,19,21,26)/t12-,14+,15+/m0/s1. The minimum atomic E-state index is -0.802. The van der Waals surface area contributed by atoms with Gasteiger partial charge in [0, 0.05) is 12.5 Å². The number of amides is 4. The van der Waals surface area contributed by atoms with Crippen LogP contribution in [-0.4, -0.2) is 41.6 Å². The quantitative estimate of drug-likeness (QED) is 0.481. The molecule has 0 bridgehead atoms. The first-order chi connectivity index (χ1) is 12.3. The Bertz CT molecular complexity index is 692. The molecule has 8 heteroatoms. The summed E-state index contributed by atoms with van der Waals surface area (Å²) in [4.78, 5) is 34.7. The first-order valence-corrected chi connectivity index (χ1v) is 8.61. The number of carbonyl (C=O) groups is 3. The van der Waals surface area contributed by atoms with Crippen molar-refractivity contribution in [3.8, 4) is 0 Å². The summed E-state index contributed by atoms with van der Waals surface area (Å²) < 4.78 is 0. The van der Waals surface area contributed by atoms with Crippen LogP contribution >= 0.6 is 0 Å². The van der Waals surface area contributed by atoms with E-state index in [9.17, 15) is 19.5 Å². The van der Waals surface area contributed by atoms with Crippen LogP contribution in [0.2, 0.25) is 0 Å². The SMILES string of the molecule is Cc1ccc(C)c(CNC(=O)[C@@H]2C[C@@H](O)[C@H](NC(=O)CNC(N)=O)C2)c1. The van der Waals surface area contributed by atoms with Crippen LogP contribution in [0.4, 0.5) is 4.79 Å². The second kappa shape index (κ2) is 8.66. The highest BCUT2D eigenvalue weighted by Crippen LogP contribution is 2.26. The Hall–Kier alpha value is -2.61. The minimum absolute atomic E-state index is 0.142. The molecule has 0 unspecified atom stereocenters. The van der Waals surface area contributed by atoms with Crippen molar-refractivity contribution in [2.45, 2.75) is 45.4 Å². The molecular weight excluding hydrogens is 336 g/mol. The van der Waals surface area contributed by atoms with Crippen LogP contribution in [0.3, 0.4) is 0 Å². The molecule has 3 atom stereocenters. The second-order valence-electron chi connectivity index (χ2n) is 6.78. The lowest BCUT2D eigenvalue weighted by Gasteiger charge is -2.16. The maximum Gasteiger partial charge on any atom is 0.312 e. The molecule has 0 spiro atoms. The second-order valence-corrected chi connectivity index (χ2v) is 6.78. The molecule has 0 radical (unpaired) electrons. The molecule has 1 aromatic carbocycles. The predicted molar refractivity (Wildman–Crippen MR) is 96.0 cm³/mol. The van der Waals surface area contributed by atoms with Gasteiger partial charge >= 0.3 is 6.03 Å². The van der Waals surface area contributed by atoms with E-state index in [1.54, 1.807) is 0 Å². The Morgan fingerprint density at radius 2 is 1.92 bits per heavy atom. The van der Waals surface area contributed by atoms with Crippen molar-refractivity contribution in [1.29, 1.82) is 0 Å². The van der Waals surface area contributed by atoms with Gasteiger partial charge in [-0.2, -0.15) is 0 Å². The number of aliphatic hydroxyl groups excluding tert-OH is 1. The highest BCUT2D eigenvalue weighted by molar-refractivity contribution is 5.84. The molecule has 0 heterocycles. The van der Waals surface area contributed by atoms with Gasteiger partial charge in [-0.25, -0.2) is 4.79 Å². The number of rotatable bonds is 6. The maximum atomic E-state index is 12.4. The first kappa shape index (κ1) is 19.7. The first-order valence-electron chi connectivity index (χ1n) is 8.61. The lowest BCUT2D eigenvalue weighted by atomic mass is 10.0. The van der Waals surface area contributed by atoms with Crippen molar-refractivity contribution in [2.75, 3.05) is 6.54 Å². The fourth-order valence-electron chi connectivity index (χ4n) is 3.13. The van der Waals surface area contributed by atoms with Gasteiger partial charge in [-0.15, -0.1) is 0 Å². The fourth-order valence-corrected chi connectivity index (χ4v) is 3.13. The molecule has 1 saturated carbocycles. The number of primary amides is 1. The Balaban J connectivity index is 1.84. The summed E-state index contributed by atoms with van der Waals surface area (Å²) in [7, 11) is 0. The third-order valence-corrected chi connectivity index (χ3v) is 4.63. The van der Waals surface area contributed by atoms with E-state index < -0.39 is 24.1 Å². The molecule has 0 aromatic heterocycles. The largest absolute Gasteiger partial charge is 0.391 e. The molecule has 0 saturated heterocycles. The van der Waals surface area contributed by atoms with E-state index in [0.717, 1.165) is 16.7 Å². The molecule has 2 rings (SSSR count). The molecule has 1 fully saturated rings. The number of aliphatic hydroxyl groups is 1. The molecule has 142 valence electrons. The average Bonchev–Trinajstić information content (AvgIpc) is 2.94. The van der Waals surface area contributed by atoms with Crippen LogP contribution in [0.15, 0.2) is 18.2 Å². The molecule has 0 aliphatic heterocycles. The van der Waals surface area contributed by atoms with Crippen LogP contribution in [-0.2, 0) is 16.1 Å². The lowest BCUT2D eigenvalue weighted by molar-refractivity contribution is -0.125. The highest BCUT2D eigenvalue weighted by atomic mass is 16.3. The van der Waals surface area contributed by atoms with E-state index in [0.29, 0.717) is 13.0 Å². The summed E-state index contributed by atoms with van der Waals surface area (Å²) in [6, 6.07) is 4.76. The summed E-state index contributed by atoms with van der Waals surface area (Å²) in [5, 5.41) is 17.8. The lowest BCUT2D eigenvalue weighted by Crippen LogP contribution is -2.46. The molecule has 1 aliphatic rings. The number of benzene rings is 1. The summed E-state index contributed by atoms with van der Waals surface area (Å²) in [5.74, 6) is -0.967. The Morgan fingerprint density at radius 3 is 2.62 bits per heavy atom. The normalized spacial score (nSPS) is 21.9. The van der Waals surface area contributed by atoms with Crippen LogP contribution in [0.5, 0.6) is 0 Å². The number of nitrogens with one attached hydrogen (secondary N) is 3. The third-order valence-electron chi connectivity index (χ3n) is 4.63. The minimum Gasteiger partial charge on any atom is -0.391 e. The smallest absolute Gasteiger partial charge is 0.312 e. The van der Waals surface area contributed by atoms with Crippen LogP contribution < -0.4 is 21.7 Å². The zero-order valence-corrected chi connectivity index (χ0v) is 15.0. The molecular formula is C18H26N4O4. The van der Waals surface area contributed by atoms with E-state index in [1.165, 1.54) is 0 Å². The van der Waals surface area contributed by atoms with Crippen molar-refractivity contribution < 1.29 is 19.5 Å². The van der Waals surface area contributed by atoms with Crippen molar-refractivity contribution in [3.05, 3.63) is 34.9 Å². The maximum absolute atomic E-state index is 12.4. The number of aryl methyl sites for hydroxylation is 2. The Kier molecular flexibility index (Phi) is 6.57. The number of carbonyl (C=O) groups excluding carboxylic acids is 3. The van der Waals surface area contributed by atoms with Crippen LogP contribution in [0, 0.1) is 19.8 Å². The van der Waals surface area contributed by atoms with Crippen molar-refractivity contribution in [2.24, 2.45) is 11.7 Å². The van der Waals surface area contributed by atoms with E-state index in [-0.39, 0.29) is 24.8 Å². The number of nitrogens with two attached hydrogens (primary N) is 1. The number of urea groups is 1. The van der Waals surface area contributed by atoms with E-state index in [2.05, 4.69) is 16.0 Å². The highest BCUT2D eigenvalue weighted by Gasteiger charge is 2.37. The van der Waals surface area contributed by atoms with E-state index >= 15 is 0 Å². The van der Waals surface area contributed by atoms with Gasteiger partial charge < -0.3 is 26.8 Å². The summed E-state index contributed by atoms with van der Waals surface area (Å²) in [6.45, 7) is 4.16. The topological polar surface area (TPSA) is 134 Å². The Labute approximate surface area is 152 Å². The zero-order valence-electron chi connectivity index (χ0n) is 15.0. The molecule has 8 nitrogen and oxygen atoms in total. The molecule has 4 amide bonds. The van der Waals surface area contributed by atoms with Gasteiger partial charge in [0.05, 0.1) is 18.7 Å². The third kappa shape index (κ3) is 5.45. The van der Waals surface area contributed by atoms with Gasteiger partial charge in [-0.05, 0) is 37.8 Å². The number of hydrogen-bond acceptors (Lipinski definition) is 4. The van der Waals surface area contributed by atoms with Crippen molar-refractivity contribution in [1.82, 2.24) is 16.0 Å². The van der Waals surface area contributed by atoms with Crippen molar-refractivity contribution in [3.63, 3.8) is 0 Å². The van der Waals surface area contributed by atoms with Gasteiger partial charge in [0.25, 0.3) is 0 Å². The summed E-state index contributed by atoms with van der Waals surface area (Å²) in [6.07, 6.45) is -0.168. The van der Waals surface area contributed by atoms with Crippen LogP contribution in [0.1, 0.15) is 29.5 Å². The van der Waals surface area contributed by atoms with Gasteiger partial charge in [0.15, 0.2) is 0 Å². The predicted octanol–water partition coefficient (Wildman–Crippen LogP) is -0.156. The van der Waals surface area contributed by atoms with Gasteiger partial charge in [0.1, 0.15) is 0 Å². The average molecular weight is 362 g/mol. The van der Waals surface area contributed by atoms with E-state index in [4.69, 9.17) is 5.73 Å². The monoisotopic (exact) mass is 362 g/mol. The molecule has 6 N–H and O–H groups in total. The van der Waals surface area contributed by atoms with Crippen LogP contribution in [0.25, 0.3) is 0 Å².